The maximum atomic E-state index is 12.6. The number of hydrogen-bond donors (Lipinski definition) is 1. The number of nitrogens with one attached hydrogen (secondary N) is 1. The SMILES string of the molecule is O=C(Nc1ccc2c(c1)OCO2)C1CCN(C(=O)COc2cccc(Br)c2)CC1. The predicted octanol–water partition coefficient (Wildman–Crippen LogP) is 3.43. The van der Waals surface area contributed by atoms with E-state index in [9.17, 15) is 9.59 Å². The molecule has 8 heteroatoms. The molecule has 152 valence electrons. The Morgan fingerprint density at radius 2 is 1.90 bits per heavy atom. The summed E-state index contributed by atoms with van der Waals surface area (Å²) in [7, 11) is 0. The molecule has 0 atom stereocenters. The maximum Gasteiger partial charge on any atom is 0.260 e. The van der Waals surface area contributed by atoms with Crippen LogP contribution in [0.15, 0.2) is 46.9 Å². The zero-order valence-corrected chi connectivity index (χ0v) is 17.3. The van der Waals surface area contributed by atoms with Crippen molar-refractivity contribution in [2.45, 2.75) is 12.8 Å². The maximum absolute atomic E-state index is 12.6. The summed E-state index contributed by atoms with van der Waals surface area (Å²) >= 11 is 3.38. The minimum Gasteiger partial charge on any atom is -0.484 e. The number of nitrogens with zero attached hydrogens (tertiary/aromatic N) is 1. The highest BCUT2D eigenvalue weighted by Gasteiger charge is 2.28. The van der Waals surface area contributed by atoms with E-state index in [4.69, 9.17) is 14.2 Å². The average Bonchev–Trinajstić information content (AvgIpc) is 3.20. The first-order valence-corrected chi connectivity index (χ1v) is 10.2. The first kappa shape index (κ1) is 19.6. The molecule has 4 rings (SSSR count). The van der Waals surface area contributed by atoms with Gasteiger partial charge in [-0.15, -0.1) is 0 Å². The van der Waals surface area contributed by atoms with Crippen molar-refractivity contribution in [1.82, 2.24) is 4.90 Å². The Balaban J connectivity index is 1.24. The van der Waals surface area contributed by atoms with Crippen molar-refractivity contribution in [3.63, 3.8) is 0 Å². The zero-order chi connectivity index (χ0) is 20.2. The number of carbonyl (C=O) groups excluding carboxylic acids is 2. The minimum absolute atomic E-state index is 0.00941. The lowest BCUT2D eigenvalue weighted by molar-refractivity contribution is -0.136. The third-order valence-electron chi connectivity index (χ3n) is 5.02. The summed E-state index contributed by atoms with van der Waals surface area (Å²) in [5, 5.41) is 2.93. The van der Waals surface area contributed by atoms with Crippen molar-refractivity contribution >= 4 is 33.4 Å². The molecule has 2 heterocycles. The van der Waals surface area contributed by atoms with Gasteiger partial charge in [-0.2, -0.15) is 0 Å². The number of ether oxygens (including phenoxy) is 3. The number of likely N-dealkylation sites (tertiary alicyclic amines) is 1. The summed E-state index contributed by atoms with van der Waals surface area (Å²) in [5.74, 6) is 1.72. The van der Waals surface area contributed by atoms with Gasteiger partial charge in [-0.1, -0.05) is 22.0 Å². The second-order valence-corrected chi connectivity index (χ2v) is 7.87. The van der Waals surface area contributed by atoms with Crippen LogP contribution in [0.1, 0.15) is 12.8 Å². The summed E-state index contributed by atoms with van der Waals surface area (Å²) in [6, 6.07) is 12.7. The molecule has 0 spiro atoms. The Bertz CT molecular complexity index is 912. The van der Waals surface area contributed by atoms with Crippen LogP contribution in [0.5, 0.6) is 17.2 Å². The molecule has 2 aromatic rings. The van der Waals surface area contributed by atoms with Crippen LogP contribution in [0.2, 0.25) is 0 Å². The van der Waals surface area contributed by atoms with Gasteiger partial charge in [0.2, 0.25) is 12.7 Å². The highest BCUT2D eigenvalue weighted by molar-refractivity contribution is 9.10. The van der Waals surface area contributed by atoms with Crippen LogP contribution >= 0.6 is 15.9 Å². The monoisotopic (exact) mass is 460 g/mol. The molecular formula is C21H21BrN2O5. The van der Waals surface area contributed by atoms with Crippen LogP contribution in [0.25, 0.3) is 0 Å². The number of benzene rings is 2. The van der Waals surface area contributed by atoms with Gasteiger partial charge >= 0.3 is 0 Å². The normalized spacial score (nSPS) is 15.8. The third-order valence-corrected chi connectivity index (χ3v) is 5.51. The largest absolute Gasteiger partial charge is 0.484 e. The van der Waals surface area contributed by atoms with Crippen LogP contribution in [0.4, 0.5) is 5.69 Å². The van der Waals surface area contributed by atoms with Gasteiger partial charge in [0, 0.05) is 35.2 Å². The second-order valence-electron chi connectivity index (χ2n) is 6.96. The number of piperidine rings is 1. The molecule has 2 aliphatic rings. The predicted molar refractivity (Wildman–Crippen MR) is 110 cm³/mol. The number of carbonyl (C=O) groups is 2. The lowest BCUT2D eigenvalue weighted by atomic mass is 9.95. The first-order chi connectivity index (χ1) is 14.1. The van der Waals surface area contributed by atoms with Gasteiger partial charge in [0.25, 0.3) is 5.91 Å². The van der Waals surface area contributed by atoms with E-state index in [1.165, 1.54) is 0 Å². The standard InChI is InChI=1S/C21H21BrN2O5/c22-15-2-1-3-17(10-15)27-12-20(25)24-8-6-14(7-9-24)21(26)23-16-4-5-18-19(11-16)29-13-28-18/h1-5,10-11,14H,6-9,12-13H2,(H,23,26). The quantitative estimate of drug-likeness (QED) is 0.739. The average molecular weight is 461 g/mol. The Hall–Kier alpha value is -2.74. The van der Waals surface area contributed by atoms with Gasteiger partial charge < -0.3 is 24.4 Å². The summed E-state index contributed by atoms with van der Waals surface area (Å²) in [5.41, 5.74) is 0.681. The molecule has 2 aliphatic heterocycles. The van der Waals surface area contributed by atoms with E-state index in [1.807, 2.05) is 24.3 Å². The van der Waals surface area contributed by atoms with E-state index in [-0.39, 0.29) is 31.1 Å². The number of rotatable bonds is 5. The van der Waals surface area contributed by atoms with Crippen molar-refractivity contribution in [2.75, 3.05) is 31.8 Å². The van der Waals surface area contributed by atoms with Crippen LogP contribution in [0.3, 0.4) is 0 Å². The van der Waals surface area contributed by atoms with Crippen LogP contribution in [0, 0.1) is 5.92 Å². The molecule has 1 N–H and O–H groups in total. The molecule has 0 saturated carbocycles. The number of anilines is 1. The summed E-state index contributed by atoms with van der Waals surface area (Å²) in [4.78, 5) is 26.7. The van der Waals surface area contributed by atoms with Gasteiger partial charge in [-0.05, 0) is 43.2 Å². The molecule has 1 saturated heterocycles. The Morgan fingerprint density at radius 1 is 1.10 bits per heavy atom. The second kappa shape index (κ2) is 8.73. The smallest absolute Gasteiger partial charge is 0.260 e. The van der Waals surface area contributed by atoms with E-state index in [0.29, 0.717) is 48.9 Å². The molecule has 0 bridgehead atoms. The summed E-state index contributed by atoms with van der Waals surface area (Å²) in [6.45, 7) is 1.27. The molecule has 0 aromatic heterocycles. The fraction of sp³-hybridized carbons (Fsp3) is 0.333. The summed E-state index contributed by atoms with van der Waals surface area (Å²) < 4.78 is 17.1. The molecule has 0 aliphatic carbocycles. The van der Waals surface area contributed by atoms with Gasteiger partial charge in [-0.25, -0.2) is 0 Å². The first-order valence-electron chi connectivity index (χ1n) is 9.45. The lowest BCUT2D eigenvalue weighted by Gasteiger charge is -2.31. The topological polar surface area (TPSA) is 77.1 Å². The van der Waals surface area contributed by atoms with E-state index in [1.54, 1.807) is 23.1 Å². The number of fused-ring (bicyclic) bond motifs is 1. The van der Waals surface area contributed by atoms with Gasteiger partial charge in [0.15, 0.2) is 18.1 Å². The molecular weight excluding hydrogens is 440 g/mol. The Labute approximate surface area is 177 Å². The van der Waals surface area contributed by atoms with Crippen molar-refractivity contribution in [2.24, 2.45) is 5.92 Å². The Kier molecular flexibility index (Phi) is 5.89. The van der Waals surface area contributed by atoms with Crippen LogP contribution in [-0.2, 0) is 9.59 Å². The van der Waals surface area contributed by atoms with Crippen LogP contribution < -0.4 is 19.5 Å². The fourth-order valence-electron chi connectivity index (χ4n) is 3.40. The Morgan fingerprint density at radius 3 is 2.69 bits per heavy atom. The van der Waals surface area contributed by atoms with E-state index in [0.717, 1.165) is 4.47 Å². The molecule has 0 radical (unpaired) electrons. The number of amides is 2. The van der Waals surface area contributed by atoms with E-state index >= 15 is 0 Å². The van der Waals surface area contributed by atoms with Crippen molar-refractivity contribution in [3.05, 3.63) is 46.9 Å². The lowest BCUT2D eigenvalue weighted by Crippen LogP contribution is -2.43. The number of halogens is 1. The van der Waals surface area contributed by atoms with Crippen molar-refractivity contribution in [3.8, 4) is 17.2 Å². The van der Waals surface area contributed by atoms with Gasteiger partial charge in [0.1, 0.15) is 5.75 Å². The highest BCUT2D eigenvalue weighted by atomic mass is 79.9. The highest BCUT2D eigenvalue weighted by Crippen LogP contribution is 2.34. The van der Waals surface area contributed by atoms with E-state index in [2.05, 4.69) is 21.2 Å². The molecule has 2 aromatic carbocycles. The van der Waals surface area contributed by atoms with Crippen molar-refractivity contribution < 1.29 is 23.8 Å². The molecule has 1 fully saturated rings. The molecule has 7 nitrogen and oxygen atoms in total. The van der Waals surface area contributed by atoms with Gasteiger partial charge in [0.05, 0.1) is 0 Å². The number of hydrogen-bond acceptors (Lipinski definition) is 5. The van der Waals surface area contributed by atoms with Crippen LogP contribution in [-0.4, -0.2) is 43.2 Å². The van der Waals surface area contributed by atoms with E-state index < -0.39 is 0 Å². The molecule has 29 heavy (non-hydrogen) atoms. The summed E-state index contributed by atoms with van der Waals surface area (Å²) in [6.07, 6.45) is 1.25. The molecule has 2 amide bonds. The zero-order valence-electron chi connectivity index (χ0n) is 15.7. The third kappa shape index (κ3) is 4.82. The minimum atomic E-state index is -0.129. The van der Waals surface area contributed by atoms with Crippen molar-refractivity contribution in [1.29, 1.82) is 0 Å². The fourth-order valence-corrected chi connectivity index (χ4v) is 3.78. The molecule has 0 unspecified atom stereocenters. The van der Waals surface area contributed by atoms with Gasteiger partial charge in [-0.3, -0.25) is 9.59 Å².